The molecule has 2 nitrogen and oxygen atoms in total. The van der Waals surface area contributed by atoms with E-state index >= 15 is 0 Å². The number of pyridine rings is 1. The van der Waals surface area contributed by atoms with Gasteiger partial charge in [-0.2, -0.15) is 13.2 Å². The Morgan fingerprint density at radius 3 is 2.12 bits per heavy atom. The average Bonchev–Trinajstić information content (AvgIpc) is 2.06. The zero-order chi connectivity index (χ0) is 13.4. The molecule has 1 aromatic heterocycles. The van der Waals surface area contributed by atoms with Crippen molar-refractivity contribution in [1.82, 2.24) is 4.98 Å². The standard InChI is InChI=1S/C8H4ClF6NO/c1-3-4(7(10,11)12)2-5(9)6(16-3)17-8(13,14)15/h2H,1H3. The predicted octanol–water partition coefficient (Wildman–Crippen LogP) is 3.96. The van der Waals surface area contributed by atoms with Crippen molar-refractivity contribution in [1.29, 1.82) is 0 Å². The highest BCUT2D eigenvalue weighted by Crippen LogP contribution is 2.36. The molecule has 0 fully saturated rings. The third kappa shape index (κ3) is 3.65. The molecular weight excluding hydrogens is 276 g/mol. The number of nitrogens with zero attached hydrogens (tertiary/aromatic N) is 1. The summed E-state index contributed by atoms with van der Waals surface area (Å²) in [6, 6.07) is 0.338. The highest BCUT2D eigenvalue weighted by molar-refractivity contribution is 6.31. The SMILES string of the molecule is Cc1nc(OC(F)(F)F)c(Cl)cc1C(F)(F)F. The molecule has 1 rings (SSSR count). The molecule has 0 aromatic carbocycles. The molecule has 0 radical (unpaired) electrons. The van der Waals surface area contributed by atoms with Gasteiger partial charge in [-0.25, -0.2) is 4.98 Å². The minimum Gasteiger partial charge on any atom is -0.386 e. The van der Waals surface area contributed by atoms with Crippen molar-refractivity contribution in [2.75, 3.05) is 0 Å². The first-order chi connectivity index (χ1) is 7.50. The van der Waals surface area contributed by atoms with E-state index in [1.807, 2.05) is 0 Å². The van der Waals surface area contributed by atoms with Gasteiger partial charge in [0.2, 0.25) is 5.88 Å². The molecule has 0 aliphatic carbocycles. The van der Waals surface area contributed by atoms with Gasteiger partial charge >= 0.3 is 12.5 Å². The van der Waals surface area contributed by atoms with E-state index in [2.05, 4.69) is 9.72 Å². The molecule has 0 N–H and O–H groups in total. The average molecular weight is 280 g/mol. The molecule has 0 bridgehead atoms. The summed E-state index contributed by atoms with van der Waals surface area (Å²) in [5, 5.41) is -0.861. The molecule has 0 unspecified atom stereocenters. The summed E-state index contributed by atoms with van der Waals surface area (Å²) >= 11 is 5.23. The quantitative estimate of drug-likeness (QED) is 0.726. The first-order valence-electron chi connectivity index (χ1n) is 4.01. The Labute approximate surface area is 96.2 Å². The summed E-state index contributed by atoms with van der Waals surface area (Å²) < 4.78 is 75.9. The maximum absolute atomic E-state index is 12.3. The van der Waals surface area contributed by atoms with E-state index < -0.39 is 34.7 Å². The van der Waals surface area contributed by atoms with Crippen LogP contribution in [0.1, 0.15) is 11.3 Å². The first-order valence-corrected chi connectivity index (χ1v) is 4.38. The number of alkyl halides is 6. The summed E-state index contributed by atoms with van der Waals surface area (Å²) in [6.07, 6.45) is -9.81. The Hall–Kier alpha value is -1.18. The molecule has 0 aliphatic rings. The lowest BCUT2D eigenvalue weighted by molar-refractivity contribution is -0.276. The zero-order valence-corrected chi connectivity index (χ0v) is 8.83. The van der Waals surface area contributed by atoms with Gasteiger partial charge in [-0.1, -0.05) is 11.6 Å². The topological polar surface area (TPSA) is 22.1 Å². The van der Waals surface area contributed by atoms with Crippen molar-refractivity contribution in [2.24, 2.45) is 0 Å². The Kier molecular flexibility index (Phi) is 3.47. The molecule has 0 atom stereocenters. The third-order valence-corrected chi connectivity index (χ3v) is 1.92. The molecule has 0 spiro atoms. The maximum atomic E-state index is 12.3. The Morgan fingerprint density at radius 1 is 1.18 bits per heavy atom. The number of aromatic nitrogens is 1. The van der Waals surface area contributed by atoms with Crippen LogP contribution in [-0.2, 0) is 6.18 Å². The van der Waals surface area contributed by atoms with Gasteiger partial charge in [0.25, 0.3) is 0 Å². The monoisotopic (exact) mass is 279 g/mol. The molecule has 17 heavy (non-hydrogen) atoms. The van der Waals surface area contributed by atoms with E-state index in [4.69, 9.17) is 11.6 Å². The van der Waals surface area contributed by atoms with Crippen LogP contribution in [0.5, 0.6) is 5.88 Å². The number of hydrogen-bond donors (Lipinski definition) is 0. The number of rotatable bonds is 1. The van der Waals surface area contributed by atoms with E-state index in [1.54, 1.807) is 0 Å². The van der Waals surface area contributed by atoms with Crippen LogP contribution in [-0.4, -0.2) is 11.3 Å². The lowest BCUT2D eigenvalue weighted by Crippen LogP contribution is -2.19. The van der Waals surface area contributed by atoms with Crippen LogP contribution in [0.15, 0.2) is 6.07 Å². The van der Waals surface area contributed by atoms with Gasteiger partial charge in [0.1, 0.15) is 5.02 Å². The molecule has 0 saturated heterocycles. The fraction of sp³-hybridized carbons (Fsp3) is 0.375. The summed E-state index contributed by atoms with van der Waals surface area (Å²) in [4.78, 5) is 3.03. The van der Waals surface area contributed by atoms with Crippen molar-refractivity contribution in [2.45, 2.75) is 19.5 Å². The molecule has 1 aromatic rings. The third-order valence-electron chi connectivity index (χ3n) is 1.65. The minimum atomic E-state index is -5.07. The predicted molar refractivity (Wildman–Crippen MR) is 45.7 cm³/mol. The zero-order valence-electron chi connectivity index (χ0n) is 8.08. The van der Waals surface area contributed by atoms with Crippen LogP contribution in [0.25, 0.3) is 0 Å². The van der Waals surface area contributed by atoms with Gasteiger partial charge in [-0.05, 0) is 13.0 Å². The fourth-order valence-corrected chi connectivity index (χ4v) is 1.22. The summed E-state index contributed by atoms with van der Waals surface area (Å²) in [7, 11) is 0. The van der Waals surface area contributed by atoms with Crippen molar-refractivity contribution in [3.8, 4) is 5.88 Å². The highest BCUT2D eigenvalue weighted by atomic mass is 35.5. The van der Waals surface area contributed by atoms with Crippen LogP contribution in [0.2, 0.25) is 5.02 Å². The van der Waals surface area contributed by atoms with Crippen LogP contribution in [0.3, 0.4) is 0 Å². The minimum absolute atomic E-state index is 0.338. The second kappa shape index (κ2) is 4.25. The molecule has 1 heterocycles. The lowest BCUT2D eigenvalue weighted by Gasteiger charge is -2.13. The van der Waals surface area contributed by atoms with E-state index in [0.29, 0.717) is 6.07 Å². The number of hydrogen-bond acceptors (Lipinski definition) is 2. The number of aryl methyl sites for hydroxylation is 1. The Morgan fingerprint density at radius 2 is 1.71 bits per heavy atom. The number of ether oxygens (including phenoxy) is 1. The maximum Gasteiger partial charge on any atom is 0.574 e. The van der Waals surface area contributed by atoms with Gasteiger partial charge < -0.3 is 4.74 Å². The molecule has 0 saturated carbocycles. The lowest BCUT2D eigenvalue weighted by atomic mass is 10.2. The van der Waals surface area contributed by atoms with Gasteiger partial charge in [0, 0.05) is 0 Å². The van der Waals surface area contributed by atoms with E-state index in [9.17, 15) is 26.3 Å². The highest BCUT2D eigenvalue weighted by Gasteiger charge is 2.37. The summed E-state index contributed by atoms with van der Waals surface area (Å²) in [5.41, 5.74) is -1.86. The van der Waals surface area contributed by atoms with Crippen molar-refractivity contribution >= 4 is 11.6 Å². The van der Waals surface area contributed by atoms with Crippen LogP contribution in [0.4, 0.5) is 26.3 Å². The van der Waals surface area contributed by atoms with Crippen LogP contribution < -0.4 is 4.74 Å². The van der Waals surface area contributed by atoms with Gasteiger partial charge in [0.15, 0.2) is 0 Å². The number of halogens is 7. The molecule has 0 amide bonds. The summed E-state index contributed by atoms with van der Waals surface area (Å²) in [5.74, 6) is -1.11. The second-order valence-corrected chi connectivity index (χ2v) is 3.36. The Balaban J connectivity index is 3.19. The van der Waals surface area contributed by atoms with E-state index in [1.165, 1.54) is 0 Å². The largest absolute Gasteiger partial charge is 0.574 e. The smallest absolute Gasteiger partial charge is 0.386 e. The second-order valence-electron chi connectivity index (χ2n) is 2.95. The van der Waals surface area contributed by atoms with E-state index in [-0.39, 0.29) is 0 Å². The van der Waals surface area contributed by atoms with E-state index in [0.717, 1.165) is 6.92 Å². The van der Waals surface area contributed by atoms with Gasteiger partial charge in [0.05, 0.1) is 11.3 Å². The van der Waals surface area contributed by atoms with Crippen molar-refractivity contribution < 1.29 is 31.1 Å². The normalized spacial score (nSPS) is 12.7. The van der Waals surface area contributed by atoms with Gasteiger partial charge in [-0.3, -0.25) is 0 Å². The van der Waals surface area contributed by atoms with Crippen molar-refractivity contribution in [3.63, 3.8) is 0 Å². The molecular formula is C8H4ClF6NO. The molecule has 0 aliphatic heterocycles. The van der Waals surface area contributed by atoms with Gasteiger partial charge in [-0.15, -0.1) is 13.2 Å². The van der Waals surface area contributed by atoms with Crippen molar-refractivity contribution in [3.05, 3.63) is 22.3 Å². The first kappa shape index (κ1) is 13.9. The van der Waals surface area contributed by atoms with Crippen LogP contribution in [0, 0.1) is 6.92 Å². The summed E-state index contributed by atoms with van der Waals surface area (Å²) in [6.45, 7) is 0.905. The fourth-order valence-electron chi connectivity index (χ4n) is 1.03. The molecule has 96 valence electrons. The molecule has 9 heteroatoms. The van der Waals surface area contributed by atoms with Crippen LogP contribution >= 0.6 is 11.6 Å². The Bertz CT molecular complexity index is 427.